The first-order valence-corrected chi connectivity index (χ1v) is 7.25. The summed E-state index contributed by atoms with van der Waals surface area (Å²) < 4.78 is 1.40. The molecule has 0 amide bonds. The molecule has 0 unspecified atom stereocenters. The van der Waals surface area contributed by atoms with Crippen LogP contribution in [0.4, 0.5) is 5.69 Å². The van der Waals surface area contributed by atoms with Crippen LogP contribution in [0.25, 0.3) is 22.3 Å². The largest absolute Gasteiger partial charge is 0.507 e. The summed E-state index contributed by atoms with van der Waals surface area (Å²) in [6.07, 6.45) is 0. The number of rotatable bonds is 2. The highest BCUT2D eigenvalue weighted by Crippen LogP contribution is 2.28. The summed E-state index contributed by atoms with van der Waals surface area (Å²) in [6.45, 7) is 3.52. The van der Waals surface area contributed by atoms with E-state index in [9.17, 15) is 20.0 Å². The minimum Gasteiger partial charge on any atom is -0.507 e. The van der Waals surface area contributed by atoms with Crippen LogP contribution in [0.5, 0.6) is 5.75 Å². The molecule has 0 saturated carbocycles. The molecule has 1 N–H and O–H groups in total. The zero-order valence-electron chi connectivity index (χ0n) is 13.4. The predicted molar refractivity (Wildman–Crippen MR) is 90.2 cm³/mol. The summed E-state index contributed by atoms with van der Waals surface area (Å²) >= 11 is 0. The number of hydrogen-bond acceptors (Lipinski definition) is 5. The molecular formula is C17H15N3O4. The van der Waals surface area contributed by atoms with Crippen LogP contribution < -0.4 is 5.56 Å². The van der Waals surface area contributed by atoms with Crippen LogP contribution in [-0.4, -0.2) is 19.6 Å². The molecular weight excluding hydrogens is 310 g/mol. The Balaban J connectivity index is 2.34. The highest BCUT2D eigenvalue weighted by molar-refractivity contribution is 5.82. The molecule has 1 heterocycles. The van der Waals surface area contributed by atoms with Crippen molar-refractivity contribution < 1.29 is 10.0 Å². The fourth-order valence-electron chi connectivity index (χ4n) is 2.72. The third-order valence-corrected chi connectivity index (χ3v) is 4.02. The van der Waals surface area contributed by atoms with Gasteiger partial charge in [0, 0.05) is 24.7 Å². The quantitative estimate of drug-likeness (QED) is 0.577. The Hall–Kier alpha value is -3.22. The average Bonchev–Trinajstić information content (AvgIpc) is 2.54. The Bertz CT molecular complexity index is 1030. The molecule has 0 atom stereocenters. The second kappa shape index (κ2) is 5.45. The summed E-state index contributed by atoms with van der Waals surface area (Å²) in [7, 11) is 1.60. The van der Waals surface area contributed by atoms with E-state index < -0.39 is 4.92 Å². The molecule has 7 heteroatoms. The van der Waals surface area contributed by atoms with Gasteiger partial charge in [-0.3, -0.25) is 19.5 Å². The Kier molecular flexibility index (Phi) is 3.56. The molecule has 0 aliphatic rings. The molecule has 3 rings (SSSR count). The van der Waals surface area contributed by atoms with E-state index in [0.29, 0.717) is 27.9 Å². The van der Waals surface area contributed by atoms with Crippen molar-refractivity contribution in [2.24, 2.45) is 7.05 Å². The maximum Gasteiger partial charge on any atom is 0.271 e. The topological polar surface area (TPSA) is 98.3 Å². The summed E-state index contributed by atoms with van der Waals surface area (Å²) in [4.78, 5) is 27.4. The van der Waals surface area contributed by atoms with Crippen molar-refractivity contribution in [3.8, 4) is 17.1 Å². The Morgan fingerprint density at radius 3 is 2.38 bits per heavy atom. The standard InChI is InChI=1S/C17H15N3O4/c1-9-6-11(7-10(2)15(9)21)16-18-14-8-12(20(23)24)4-5-13(14)17(22)19(16)3/h4-8,21H,1-3H3. The molecule has 7 nitrogen and oxygen atoms in total. The number of hydrogen-bond donors (Lipinski definition) is 1. The van der Waals surface area contributed by atoms with Crippen LogP contribution in [0.1, 0.15) is 11.1 Å². The highest BCUT2D eigenvalue weighted by atomic mass is 16.6. The summed E-state index contributed by atoms with van der Waals surface area (Å²) in [6, 6.07) is 7.46. The van der Waals surface area contributed by atoms with Gasteiger partial charge in [0.25, 0.3) is 11.2 Å². The van der Waals surface area contributed by atoms with Gasteiger partial charge in [0.1, 0.15) is 11.6 Å². The van der Waals surface area contributed by atoms with E-state index in [-0.39, 0.29) is 22.5 Å². The first kappa shape index (κ1) is 15.7. The third-order valence-electron chi connectivity index (χ3n) is 4.02. The van der Waals surface area contributed by atoms with Gasteiger partial charge in [0.15, 0.2) is 0 Å². The van der Waals surface area contributed by atoms with Gasteiger partial charge in [-0.05, 0) is 43.2 Å². The van der Waals surface area contributed by atoms with Crippen LogP contribution in [0, 0.1) is 24.0 Å². The maximum atomic E-state index is 12.5. The second-order valence-electron chi connectivity index (χ2n) is 5.72. The number of nitro benzene ring substituents is 1. The van der Waals surface area contributed by atoms with Gasteiger partial charge < -0.3 is 5.11 Å². The fourth-order valence-corrected chi connectivity index (χ4v) is 2.72. The molecule has 0 bridgehead atoms. The van der Waals surface area contributed by atoms with Gasteiger partial charge in [0.05, 0.1) is 15.8 Å². The molecule has 1 aromatic heterocycles. The average molecular weight is 325 g/mol. The number of phenols is 1. The number of nitro groups is 1. The van der Waals surface area contributed by atoms with Gasteiger partial charge in [-0.2, -0.15) is 0 Å². The van der Waals surface area contributed by atoms with Crippen molar-refractivity contribution in [1.29, 1.82) is 0 Å². The first-order chi connectivity index (χ1) is 11.3. The number of benzene rings is 2. The minimum atomic E-state index is -0.521. The number of nitrogens with zero attached hydrogens (tertiary/aromatic N) is 3. The van der Waals surface area contributed by atoms with E-state index in [1.807, 2.05) is 0 Å². The van der Waals surface area contributed by atoms with Crippen LogP contribution in [-0.2, 0) is 7.05 Å². The normalized spacial score (nSPS) is 11.0. The van der Waals surface area contributed by atoms with Gasteiger partial charge in [-0.25, -0.2) is 4.98 Å². The lowest BCUT2D eigenvalue weighted by Crippen LogP contribution is -2.20. The molecule has 0 radical (unpaired) electrons. The number of aromatic hydroxyl groups is 1. The Morgan fingerprint density at radius 1 is 1.17 bits per heavy atom. The number of fused-ring (bicyclic) bond motifs is 1. The monoisotopic (exact) mass is 325 g/mol. The maximum absolute atomic E-state index is 12.5. The third kappa shape index (κ3) is 2.40. The molecule has 3 aromatic rings. The van der Waals surface area contributed by atoms with E-state index in [4.69, 9.17) is 0 Å². The summed E-state index contributed by atoms with van der Waals surface area (Å²) in [5.74, 6) is 0.583. The number of aromatic nitrogens is 2. The molecule has 0 saturated heterocycles. The first-order valence-electron chi connectivity index (χ1n) is 7.25. The lowest BCUT2D eigenvalue weighted by Gasteiger charge is -2.12. The molecule has 0 aliphatic heterocycles. The zero-order valence-corrected chi connectivity index (χ0v) is 13.4. The number of phenolic OH excluding ortho intramolecular Hbond substituents is 1. The van der Waals surface area contributed by atoms with Gasteiger partial charge in [0.2, 0.25) is 0 Å². The summed E-state index contributed by atoms with van der Waals surface area (Å²) in [5, 5.41) is 21.2. The number of aryl methyl sites for hydroxylation is 2. The second-order valence-corrected chi connectivity index (χ2v) is 5.72. The van der Waals surface area contributed by atoms with Crippen molar-refractivity contribution >= 4 is 16.6 Å². The lowest BCUT2D eigenvalue weighted by atomic mass is 10.0. The zero-order chi connectivity index (χ0) is 17.6. The highest BCUT2D eigenvalue weighted by Gasteiger charge is 2.15. The Labute approximate surface area is 137 Å². The van der Waals surface area contributed by atoms with E-state index in [1.165, 1.54) is 22.8 Å². The van der Waals surface area contributed by atoms with Gasteiger partial charge in [-0.1, -0.05) is 0 Å². The van der Waals surface area contributed by atoms with Crippen LogP contribution in [0.15, 0.2) is 35.1 Å². The van der Waals surface area contributed by atoms with E-state index >= 15 is 0 Å². The van der Waals surface area contributed by atoms with Crippen LogP contribution >= 0.6 is 0 Å². The van der Waals surface area contributed by atoms with E-state index in [1.54, 1.807) is 33.0 Å². The van der Waals surface area contributed by atoms with Crippen molar-refractivity contribution in [3.63, 3.8) is 0 Å². The van der Waals surface area contributed by atoms with Crippen LogP contribution in [0.3, 0.4) is 0 Å². The Morgan fingerprint density at radius 2 is 1.79 bits per heavy atom. The SMILES string of the molecule is Cc1cc(-c2nc3cc([N+](=O)[O-])ccc3c(=O)n2C)cc(C)c1O. The number of non-ortho nitro benzene ring substituents is 1. The smallest absolute Gasteiger partial charge is 0.271 e. The molecule has 2 aromatic carbocycles. The fraction of sp³-hybridized carbons (Fsp3) is 0.176. The lowest BCUT2D eigenvalue weighted by molar-refractivity contribution is -0.384. The van der Waals surface area contributed by atoms with Gasteiger partial charge in [-0.15, -0.1) is 0 Å². The van der Waals surface area contributed by atoms with Crippen molar-refractivity contribution in [2.75, 3.05) is 0 Å². The van der Waals surface area contributed by atoms with Crippen molar-refractivity contribution in [3.05, 3.63) is 61.9 Å². The minimum absolute atomic E-state index is 0.118. The van der Waals surface area contributed by atoms with Crippen LogP contribution in [0.2, 0.25) is 0 Å². The molecule has 0 fully saturated rings. The molecule has 122 valence electrons. The van der Waals surface area contributed by atoms with Crippen molar-refractivity contribution in [2.45, 2.75) is 13.8 Å². The summed E-state index contributed by atoms with van der Waals surface area (Å²) in [5.41, 5.74) is 1.86. The van der Waals surface area contributed by atoms with Crippen molar-refractivity contribution in [1.82, 2.24) is 9.55 Å². The molecule has 24 heavy (non-hydrogen) atoms. The predicted octanol–water partition coefficient (Wildman–Crippen LogP) is 2.83. The van der Waals surface area contributed by atoms with E-state index in [2.05, 4.69) is 4.98 Å². The van der Waals surface area contributed by atoms with Gasteiger partial charge >= 0.3 is 0 Å². The molecule has 0 aliphatic carbocycles. The molecule has 0 spiro atoms. The van der Waals surface area contributed by atoms with E-state index in [0.717, 1.165) is 0 Å².